The van der Waals surface area contributed by atoms with Gasteiger partial charge < -0.3 is 15.2 Å². The number of rotatable bonds is 5. The van der Waals surface area contributed by atoms with Crippen molar-refractivity contribution >= 4 is 0 Å². The van der Waals surface area contributed by atoms with E-state index < -0.39 is 0 Å². The van der Waals surface area contributed by atoms with Gasteiger partial charge in [0.2, 0.25) is 0 Å². The van der Waals surface area contributed by atoms with Gasteiger partial charge in [-0.15, -0.1) is 0 Å². The lowest BCUT2D eigenvalue weighted by atomic mass is 10.0. The number of hydrogen-bond acceptors (Lipinski definition) is 3. The Labute approximate surface area is 109 Å². The summed E-state index contributed by atoms with van der Waals surface area (Å²) < 4.78 is 5.38. The number of aliphatic hydroxyl groups is 1. The second-order valence-electron chi connectivity index (χ2n) is 5.20. The van der Waals surface area contributed by atoms with Crippen LogP contribution in [0.1, 0.15) is 37.8 Å². The highest BCUT2D eigenvalue weighted by atomic mass is 16.5. The Balaban J connectivity index is 1.89. The molecule has 18 heavy (non-hydrogen) atoms. The third kappa shape index (κ3) is 3.24. The van der Waals surface area contributed by atoms with Crippen LogP contribution in [0.25, 0.3) is 0 Å². The molecule has 3 atom stereocenters. The number of benzene rings is 1. The minimum absolute atomic E-state index is 0.0848. The predicted octanol–water partition coefficient (Wildman–Crippen LogP) is 2.51. The highest BCUT2D eigenvalue weighted by Crippen LogP contribution is 2.27. The monoisotopic (exact) mass is 249 g/mol. The van der Waals surface area contributed by atoms with Crippen LogP contribution in [0.3, 0.4) is 0 Å². The summed E-state index contributed by atoms with van der Waals surface area (Å²) in [5.74, 6) is 1.54. The van der Waals surface area contributed by atoms with Crippen molar-refractivity contribution in [3.05, 3.63) is 29.8 Å². The number of aliphatic hydroxyl groups excluding tert-OH is 1. The molecule has 1 aromatic rings. The zero-order chi connectivity index (χ0) is 13.0. The van der Waals surface area contributed by atoms with E-state index in [-0.39, 0.29) is 12.1 Å². The van der Waals surface area contributed by atoms with E-state index in [1.165, 1.54) is 5.56 Å². The van der Waals surface area contributed by atoms with E-state index >= 15 is 0 Å². The first-order valence-electron chi connectivity index (χ1n) is 6.75. The molecular formula is C15H23NO2. The summed E-state index contributed by atoms with van der Waals surface area (Å²) in [6, 6.07) is 8.39. The number of para-hydroxylation sites is 1. The first-order valence-corrected chi connectivity index (χ1v) is 6.75. The first-order chi connectivity index (χ1) is 8.70. The molecule has 0 heterocycles. The average molecular weight is 249 g/mol. The van der Waals surface area contributed by atoms with Gasteiger partial charge in [-0.3, -0.25) is 0 Å². The lowest BCUT2D eigenvalue weighted by Crippen LogP contribution is -2.25. The Morgan fingerprint density at radius 2 is 2.17 bits per heavy atom. The van der Waals surface area contributed by atoms with Crippen LogP contribution in [0.15, 0.2) is 24.3 Å². The van der Waals surface area contributed by atoms with Gasteiger partial charge >= 0.3 is 0 Å². The van der Waals surface area contributed by atoms with Crippen LogP contribution in [-0.2, 0) is 0 Å². The average Bonchev–Trinajstić information content (AvgIpc) is 2.81. The second-order valence-corrected chi connectivity index (χ2v) is 5.20. The van der Waals surface area contributed by atoms with Crippen LogP contribution in [0.5, 0.6) is 5.75 Å². The molecule has 2 rings (SSSR count). The molecule has 0 bridgehead atoms. The molecular weight excluding hydrogens is 226 g/mol. The molecule has 0 radical (unpaired) electrons. The van der Waals surface area contributed by atoms with Crippen molar-refractivity contribution in [3.8, 4) is 5.75 Å². The zero-order valence-corrected chi connectivity index (χ0v) is 11.2. The first kappa shape index (κ1) is 13.4. The van der Waals surface area contributed by atoms with Gasteiger partial charge in [-0.1, -0.05) is 18.2 Å². The Hall–Kier alpha value is -1.06. The van der Waals surface area contributed by atoms with Crippen molar-refractivity contribution in [3.63, 3.8) is 0 Å². The number of ether oxygens (including phenoxy) is 1. The molecule has 1 aliphatic rings. The van der Waals surface area contributed by atoms with Gasteiger partial charge in [0.05, 0.1) is 13.2 Å². The molecule has 0 aromatic heterocycles. The van der Waals surface area contributed by atoms with Crippen LogP contribution < -0.4 is 10.1 Å². The summed E-state index contributed by atoms with van der Waals surface area (Å²) in [4.78, 5) is 0. The quantitative estimate of drug-likeness (QED) is 0.842. The van der Waals surface area contributed by atoms with Crippen LogP contribution in [0.2, 0.25) is 0 Å². The number of hydrogen-bond donors (Lipinski definition) is 2. The third-order valence-electron chi connectivity index (χ3n) is 3.83. The maximum Gasteiger partial charge on any atom is 0.123 e. The Morgan fingerprint density at radius 3 is 2.83 bits per heavy atom. The summed E-state index contributed by atoms with van der Waals surface area (Å²) >= 11 is 0. The fourth-order valence-electron chi connectivity index (χ4n) is 2.71. The van der Waals surface area contributed by atoms with E-state index in [1.807, 2.05) is 18.2 Å². The standard InChI is InChI=1S/C15H23NO2/c1-11(14-5-3-4-6-15(14)18-2)16-10-12-7-8-13(17)9-12/h3-6,11-13,16-17H,7-10H2,1-2H3. The summed E-state index contributed by atoms with van der Waals surface area (Å²) in [6.45, 7) is 3.12. The van der Waals surface area contributed by atoms with Gasteiger partial charge in [0, 0.05) is 11.6 Å². The largest absolute Gasteiger partial charge is 0.496 e. The minimum atomic E-state index is -0.0848. The fourth-order valence-corrected chi connectivity index (χ4v) is 2.71. The highest BCUT2D eigenvalue weighted by Gasteiger charge is 2.23. The SMILES string of the molecule is COc1ccccc1C(C)NCC1CCC(O)C1. The Bertz CT molecular complexity index is 381. The molecule has 1 fully saturated rings. The van der Waals surface area contributed by atoms with E-state index in [4.69, 9.17) is 4.74 Å². The molecule has 0 spiro atoms. The van der Waals surface area contributed by atoms with Gasteiger partial charge in [-0.2, -0.15) is 0 Å². The van der Waals surface area contributed by atoms with Crippen molar-refractivity contribution in [2.75, 3.05) is 13.7 Å². The van der Waals surface area contributed by atoms with Crippen molar-refractivity contribution in [2.45, 2.75) is 38.3 Å². The van der Waals surface area contributed by atoms with E-state index in [9.17, 15) is 5.11 Å². The van der Waals surface area contributed by atoms with E-state index in [1.54, 1.807) is 7.11 Å². The van der Waals surface area contributed by atoms with Crippen molar-refractivity contribution in [1.82, 2.24) is 5.32 Å². The maximum absolute atomic E-state index is 9.52. The molecule has 3 unspecified atom stereocenters. The second kappa shape index (κ2) is 6.21. The molecule has 1 aromatic carbocycles. The molecule has 3 heteroatoms. The summed E-state index contributed by atoms with van der Waals surface area (Å²) in [7, 11) is 1.71. The molecule has 3 nitrogen and oxygen atoms in total. The van der Waals surface area contributed by atoms with Crippen LogP contribution >= 0.6 is 0 Å². The van der Waals surface area contributed by atoms with Gasteiger partial charge in [0.15, 0.2) is 0 Å². The molecule has 1 saturated carbocycles. The van der Waals surface area contributed by atoms with E-state index in [2.05, 4.69) is 18.3 Å². The number of nitrogens with one attached hydrogen (secondary N) is 1. The van der Waals surface area contributed by atoms with Crippen molar-refractivity contribution < 1.29 is 9.84 Å². The molecule has 1 aliphatic carbocycles. The van der Waals surface area contributed by atoms with Gasteiger partial charge in [0.25, 0.3) is 0 Å². The van der Waals surface area contributed by atoms with E-state index in [0.29, 0.717) is 5.92 Å². The van der Waals surface area contributed by atoms with Gasteiger partial charge in [0.1, 0.15) is 5.75 Å². The zero-order valence-electron chi connectivity index (χ0n) is 11.2. The molecule has 100 valence electrons. The summed E-state index contributed by atoms with van der Waals surface area (Å²) in [5, 5.41) is 13.1. The minimum Gasteiger partial charge on any atom is -0.496 e. The molecule has 0 aliphatic heterocycles. The lowest BCUT2D eigenvalue weighted by Gasteiger charge is -2.19. The highest BCUT2D eigenvalue weighted by molar-refractivity contribution is 5.35. The Morgan fingerprint density at radius 1 is 1.39 bits per heavy atom. The molecule has 0 amide bonds. The fraction of sp³-hybridized carbons (Fsp3) is 0.600. The summed E-state index contributed by atoms with van der Waals surface area (Å²) in [5.41, 5.74) is 1.19. The van der Waals surface area contributed by atoms with Crippen LogP contribution in [-0.4, -0.2) is 24.9 Å². The lowest BCUT2D eigenvalue weighted by molar-refractivity contribution is 0.177. The van der Waals surface area contributed by atoms with Crippen molar-refractivity contribution in [2.24, 2.45) is 5.92 Å². The summed E-state index contributed by atoms with van der Waals surface area (Å²) in [6.07, 6.45) is 2.94. The van der Waals surface area contributed by atoms with Gasteiger partial charge in [-0.25, -0.2) is 0 Å². The van der Waals surface area contributed by atoms with Crippen molar-refractivity contribution in [1.29, 1.82) is 0 Å². The van der Waals surface area contributed by atoms with E-state index in [0.717, 1.165) is 31.6 Å². The molecule has 2 N–H and O–H groups in total. The predicted molar refractivity (Wildman–Crippen MR) is 72.8 cm³/mol. The third-order valence-corrected chi connectivity index (χ3v) is 3.83. The van der Waals surface area contributed by atoms with Crippen LogP contribution in [0, 0.1) is 5.92 Å². The normalized spacial score (nSPS) is 25.1. The smallest absolute Gasteiger partial charge is 0.123 e. The molecule has 0 saturated heterocycles. The topological polar surface area (TPSA) is 41.5 Å². The number of methoxy groups -OCH3 is 1. The van der Waals surface area contributed by atoms with Gasteiger partial charge in [-0.05, 0) is 44.7 Å². The van der Waals surface area contributed by atoms with Crippen LogP contribution in [0.4, 0.5) is 0 Å². The maximum atomic E-state index is 9.52. The Kier molecular flexibility index (Phi) is 4.61.